The van der Waals surface area contributed by atoms with E-state index in [9.17, 15) is 13.2 Å². The van der Waals surface area contributed by atoms with Crippen LogP contribution in [0.2, 0.25) is 0 Å². The molecule has 1 aromatic heterocycles. The summed E-state index contributed by atoms with van der Waals surface area (Å²) >= 11 is 0. The summed E-state index contributed by atoms with van der Waals surface area (Å²) in [6.45, 7) is 1.27. The van der Waals surface area contributed by atoms with Crippen molar-refractivity contribution in [2.24, 2.45) is 0 Å². The molecule has 0 radical (unpaired) electrons. The average Bonchev–Trinajstić information content (AvgIpc) is 2.73. The van der Waals surface area contributed by atoms with E-state index in [0.29, 0.717) is 24.2 Å². The summed E-state index contributed by atoms with van der Waals surface area (Å²) in [4.78, 5) is 18.7. The molecule has 1 aliphatic heterocycles. The standard InChI is InChI=1S/C20H19N3O3S/c24-20(17-6-2-1-3-7-17)22-12-14-23(15-13-22)27(25,26)18-10-4-8-16-9-5-11-21-19(16)18/h1-11H,12-15H2. The molecule has 0 spiro atoms. The van der Waals surface area contributed by atoms with Crippen LogP contribution in [0.25, 0.3) is 10.9 Å². The number of rotatable bonds is 3. The molecule has 7 heteroatoms. The van der Waals surface area contributed by atoms with Crippen molar-refractivity contribution >= 4 is 26.8 Å². The average molecular weight is 381 g/mol. The Balaban J connectivity index is 1.54. The number of aromatic nitrogens is 1. The molecule has 4 rings (SSSR count). The summed E-state index contributed by atoms with van der Waals surface area (Å²) in [7, 11) is -3.67. The minimum absolute atomic E-state index is 0.0699. The number of hydrogen-bond acceptors (Lipinski definition) is 4. The predicted octanol–water partition coefficient (Wildman–Crippen LogP) is 2.38. The Morgan fingerprint density at radius 2 is 1.56 bits per heavy atom. The van der Waals surface area contributed by atoms with Crippen LogP contribution in [0, 0.1) is 0 Å². The molecule has 27 heavy (non-hydrogen) atoms. The number of nitrogens with zero attached hydrogens (tertiary/aromatic N) is 3. The van der Waals surface area contributed by atoms with Crippen molar-refractivity contribution in [2.75, 3.05) is 26.2 Å². The van der Waals surface area contributed by atoms with Crippen molar-refractivity contribution < 1.29 is 13.2 Å². The van der Waals surface area contributed by atoms with E-state index in [1.54, 1.807) is 41.4 Å². The third-order valence-corrected chi connectivity index (χ3v) is 6.69. The highest BCUT2D eigenvalue weighted by atomic mass is 32.2. The quantitative estimate of drug-likeness (QED) is 0.698. The molecule has 0 saturated carbocycles. The Labute approximate surface area is 158 Å². The van der Waals surface area contributed by atoms with E-state index in [1.807, 2.05) is 30.3 Å². The summed E-state index contributed by atoms with van der Waals surface area (Å²) in [5, 5.41) is 0.788. The number of amides is 1. The highest BCUT2D eigenvalue weighted by molar-refractivity contribution is 7.89. The molecule has 2 aromatic carbocycles. The molecule has 0 unspecified atom stereocenters. The van der Waals surface area contributed by atoms with E-state index >= 15 is 0 Å². The minimum Gasteiger partial charge on any atom is -0.336 e. The van der Waals surface area contributed by atoms with Gasteiger partial charge in [-0.25, -0.2) is 8.42 Å². The number of hydrogen-bond donors (Lipinski definition) is 0. The van der Waals surface area contributed by atoms with E-state index in [2.05, 4.69) is 4.98 Å². The number of fused-ring (bicyclic) bond motifs is 1. The number of benzene rings is 2. The summed E-state index contributed by atoms with van der Waals surface area (Å²) < 4.78 is 27.7. The summed E-state index contributed by atoms with van der Waals surface area (Å²) in [6, 6.07) is 17.8. The lowest BCUT2D eigenvalue weighted by Crippen LogP contribution is -2.50. The topological polar surface area (TPSA) is 70.6 Å². The lowest BCUT2D eigenvalue weighted by atomic mass is 10.2. The number of pyridine rings is 1. The second-order valence-corrected chi connectivity index (χ2v) is 8.30. The first-order valence-corrected chi connectivity index (χ1v) is 10.2. The van der Waals surface area contributed by atoms with Gasteiger partial charge in [-0.1, -0.05) is 36.4 Å². The van der Waals surface area contributed by atoms with Crippen molar-refractivity contribution in [3.63, 3.8) is 0 Å². The van der Waals surface area contributed by atoms with Crippen molar-refractivity contribution in [1.82, 2.24) is 14.2 Å². The largest absolute Gasteiger partial charge is 0.336 e. The van der Waals surface area contributed by atoms with Gasteiger partial charge >= 0.3 is 0 Å². The monoisotopic (exact) mass is 381 g/mol. The van der Waals surface area contributed by atoms with Crippen LogP contribution in [0.3, 0.4) is 0 Å². The molecular weight excluding hydrogens is 362 g/mol. The van der Waals surface area contributed by atoms with Gasteiger partial charge in [-0.2, -0.15) is 4.31 Å². The molecule has 1 fully saturated rings. The van der Waals surface area contributed by atoms with Crippen LogP contribution in [-0.2, 0) is 10.0 Å². The van der Waals surface area contributed by atoms with Crippen LogP contribution in [0.4, 0.5) is 0 Å². The summed E-state index contributed by atoms with van der Waals surface area (Å²) in [6.07, 6.45) is 1.60. The predicted molar refractivity (Wildman–Crippen MR) is 103 cm³/mol. The Kier molecular flexibility index (Phi) is 4.63. The van der Waals surface area contributed by atoms with Gasteiger partial charge in [0.15, 0.2) is 0 Å². The van der Waals surface area contributed by atoms with Crippen LogP contribution in [0.1, 0.15) is 10.4 Å². The first-order valence-electron chi connectivity index (χ1n) is 8.75. The SMILES string of the molecule is O=C(c1ccccc1)N1CCN(S(=O)(=O)c2cccc3cccnc23)CC1. The number of sulfonamides is 1. The first-order chi connectivity index (χ1) is 13.1. The molecule has 1 saturated heterocycles. The molecule has 1 amide bonds. The molecule has 0 atom stereocenters. The molecule has 3 aromatic rings. The molecule has 0 bridgehead atoms. The van der Waals surface area contributed by atoms with Gasteiger partial charge in [0.1, 0.15) is 4.90 Å². The molecule has 138 valence electrons. The third kappa shape index (κ3) is 3.31. The number of piperazine rings is 1. The molecule has 0 aliphatic carbocycles. The molecule has 0 N–H and O–H groups in total. The van der Waals surface area contributed by atoms with Gasteiger partial charge in [-0.3, -0.25) is 9.78 Å². The molecule has 1 aliphatic rings. The van der Waals surface area contributed by atoms with Crippen LogP contribution in [0.15, 0.2) is 71.8 Å². The minimum atomic E-state index is -3.67. The van der Waals surface area contributed by atoms with Gasteiger partial charge < -0.3 is 4.90 Å². The van der Waals surface area contributed by atoms with Gasteiger partial charge in [0.2, 0.25) is 10.0 Å². The second kappa shape index (κ2) is 7.09. The normalized spacial score (nSPS) is 15.8. The maximum atomic E-state index is 13.1. The first kappa shape index (κ1) is 17.6. The lowest BCUT2D eigenvalue weighted by molar-refractivity contribution is 0.0698. The van der Waals surface area contributed by atoms with Crippen LogP contribution in [0.5, 0.6) is 0 Å². The Bertz CT molecular complexity index is 1070. The van der Waals surface area contributed by atoms with E-state index in [4.69, 9.17) is 0 Å². The lowest BCUT2D eigenvalue weighted by Gasteiger charge is -2.34. The van der Waals surface area contributed by atoms with E-state index in [0.717, 1.165) is 5.39 Å². The van der Waals surface area contributed by atoms with E-state index in [1.165, 1.54) is 4.31 Å². The van der Waals surface area contributed by atoms with Gasteiger partial charge in [-0.05, 0) is 24.3 Å². The van der Waals surface area contributed by atoms with E-state index < -0.39 is 10.0 Å². The van der Waals surface area contributed by atoms with Crippen molar-refractivity contribution in [3.05, 3.63) is 72.4 Å². The number of para-hydroxylation sites is 1. The number of carbonyl (C=O) groups excluding carboxylic acids is 1. The highest BCUT2D eigenvalue weighted by Crippen LogP contribution is 2.25. The van der Waals surface area contributed by atoms with Crippen molar-refractivity contribution in [3.8, 4) is 0 Å². The second-order valence-electron chi connectivity index (χ2n) is 6.39. The van der Waals surface area contributed by atoms with Gasteiger partial charge in [0.05, 0.1) is 5.52 Å². The van der Waals surface area contributed by atoms with Crippen molar-refractivity contribution in [1.29, 1.82) is 0 Å². The maximum absolute atomic E-state index is 13.1. The molecule has 6 nitrogen and oxygen atoms in total. The van der Waals surface area contributed by atoms with Gasteiger partial charge in [0.25, 0.3) is 5.91 Å². The third-order valence-electron chi connectivity index (χ3n) is 4.76. The Hall–Kier alpha value is -2.77. The summed E-state index contributed by atoms with van der Waals surface area (Å²) in [5.74, 6) is -0.0699. The molecular formula is C20H19N3O3S. The summed E-state index contributed by atoms with van der Waals surface area (Å²) in [5.41, 5.74) is 1.09. The zero-order valence-corrected chi connectivity index (χ0v) is 15.5. The van der Waals surface area contributed by atoms with Crippen LogP contribution >= 0.6 is 0 Å². The Morgan fingerprint density at radius 3 is 2.30 bits per heavy atom. The van der Waals surface area contributed by atoms with Gasteiger partial charge in [-0.15, -0.1) is 0 Å². The fourth-order valence-corrected chi connectivity index (χ4v) is 4.91. The Morgan fingerprint density at radius 1 is 0.852 bits per heavy atom. The van der Waals surface area contributed by atoms with E-state index in [-0.39, 0.29) is 23.9 Å². The fourth-order valence-electron chi connectivity index (χ4n) is 3.32. The highest BCUT2D eigenvalue weighted by Gasteiger charge is 2.31. The van der Waals surface area contributed by atoms with Crippen LogP contribution < -0.4 is 0 Å². The number of carbonyl (C=O) groups is 1. The molecule has 2 heterocycles. The smallest absolute Gasteiger partial charge is 0.253 e. The van der Waals surface area contributed by atoms with Gasteiger partial charge in [0, 0.05) is 43.3 Å². The fraction of sp³-hybridized carbons (Fsp3) is 0.200. The maximum Gasteiger partial charge on any atom is 0.253 e. The zero-order chi connectivity index (χ0) is 18.9. The van der Waals surface area contributed by atoms with Crippen molar-refractivity contribution in [2.45, 2.75) is 4.90 Å². The zero-order valence-electron chi connectivity index (χ0n) is 14.7. The van der Waals surface area contributed by atoms with Crippen LogP contribution in [-0.4, -0.2) is 54.7 Å².